The van der Waals surface area contributed by atoms with Crippen molar-refractivity contribution in [3.8, 4) is 0 Å². The molecule has 0 aliphatic rings. The first-order chi connectivity index (χ1) is 6.37. The zero-order valence-corrected chi connectivity index (χ0v) is 11.5. The fourth-order valence-electron chi connectivity index (χ4n) is 1.75. The van der Waals surface area contributed by atoms with E-state index in [1.807, 2.05) is 13.8 Å². The first-order valence-electron chi connectivity index (χ1n) is 5.57. The number of hydrogen-bond acceptors (Lipinski definition) is 2. The summed E-state index contributed by atoms with van der Waals surface area (Å²) in [6, 6.07) is 0. The summed E-state index contributed by atoms with van der Waals surface area (Å²) in [6.45, 7) is 15.0. The van der Waals surface area contributed by atoms with Gasteiger partial charge in [0.1, 0.15) is 5.60 Å². The molecule has 0 bridgehead atoms. The van der Waals surface area contributed by atoms with E-state index in [-0.39, 0.29) is 22.3 Å². The normalized spacial score (nSPS) is 13.8. The Morgan fingerprint density at radius 2 is 1.47 bits per heavy atom. The molecule has 0 saturated carbocycles. The molecule has 0 amide bonds. The van der Waals surface area contributed by atoms with E-state index in [4.69, 9.17) is 4.74 Å². The fraction of sp³-hybridized carbons (Fsp3) is 0.917. The Balaban J connectivity index is 4.64. The van der Waals surface area contributed by atoms with E-state index in [0.29, 0.717) is 0 Å². The van der Waals surface area contributed by atoms with Crippen LogP contribution < -0.4 is 0 Å². The van der Waals surface area contributed by atoms with Gasteiger partial charge in [-0.2, -0.15) is 0 Å². The van der Waals surface area contributed by atoms with Crippen LogP contribution in [0, 0.1) is 10.8 Å². The average Bonchev–Trinajstić information content (AvgIpc) is 1.75. The van der Waals surface area contributed by atoms with Crippen molar-refractivity contribution >= 4 is 13.7 Å². The van der Waals surface area contributed by atoms with Crippen LogP contribution in [-0.4, -0.2) is 19.3 Å². The molecule has 0 rings (SSSR count). The van der Waals surface area contributed by atoms with Crippen LogP contribution >= 0.6 is 0 Å². The van der Waals surface area contributed by atoms with Crippen molar-refractivity contribution in [2.24, 2.45) is 10.8 Å². The van der Waals surface area contributed by atoms with Gasteiger partial charge in [-0.15, -0.1) is 0 Å². The van der Waals surface area contributed by atoms with E-state index < -0.39 is 0 Å². The lowest BCUT2D eigenvalue weighted by molar-refractivity contribution is -0.0138. The molecule has 0 aliphatic carbocycles. The Bertz CT molecular complexity index is 236. The largest absolute Gasteiger partial charge is 0.468 e. The van der Waals surface area contributed by atoms with E-state index in [0.717, 1.165) is 6.42 Å². The van der Waals surface area contributed by atoms with Gasteiger partial charge in [0.25, 0.3) is 0 Å². The molecule has 0 N–H and O–H groups in total. The first-order valence-corrected chi connectivity index (χ1v) is 5.57. The second-order valence-corrected chi connectivity index (χ2v) is 6.66. The summed E-state index contributed by atoms with van der Waals surface area (Å²) in [5, 5.41) is 0. The van der Waals surface area contributed by atoms with Crippen molar-refractivity contribution in [3.05, 3.63) is 0 Å². The van der Waals surface area contributed by atoms with E-state index in [2.05, 4.69) is 34.6 Å². The van der Waals surface area contributed by atoms with Crippen LogP contribution in [0.4, 0.5) is 4.79 Å². The van der Waals surface area contributed by atoms with E-state index >= 15 is 0 Å². The Hall–Kier alpha value is -0.465. The van der Waals surface area contributed by atoms with Crippen molar-refractivity contribution in [2.45, 2.75) is 60.5 Å². The Kier molecular flexibility index (Phi) is 4.06. The van der Waals surface area contributed by atoms with Crippen LogP contribution in [0.25, 0.3) is 0 Å². The van der Waals surface area contributed by atoms with Crippen molar-refractivity contribution in [2.75, 3.05) is 0 Å². The highest BCUT2D eigenvalue weighted by molar-refractivity contribution is 6.55. The average molecular weight is 212 g/mol. The third-order valence-electron chi connectivity index (χ3n) is 3.32. The highest BCUT2D eigenvalue weighted by atomic mass is 16.5. The van der Waals surface area contributed by atoms with Crippen LogP contribution in [0.5, 0.6) is 0 Å². The second-order valence-electron chi connectivity index (χ2n) is 6.66. The lowest BCUT2D eigenvalue weighted by atomic mass is 9.64. The summed E-state index contributed by atoms with van der Waals surface area (Å²) in [7, 11) is 1.46. The van der Waals surface area contributed by atoms with Gasteiger partial charge >= 0.3 is 0 Å². The summed E-state index contributed by atoms with van der Waals surface area (Å²) in [6.07, 6.45) is 0.864. The van der Waals surface area contributed by atoms with Crippen LogP contribution in [0.3, 0.4) is 0 Å². The van der Waals surface area contributed by atoms with Gasteiger partial charge in [0.2, 0.25) is 13.7 Å². The molecule has 2 nitrogen and oxygen atoms in total. The maximum atomic E-state index is 11.0. The summed E-state index contributed by atoms with van der Waals surface area (Å²) >= 11 is 0. The van der Waals surface area contributed by atoms with Gasteiger partial charge in [0, 0.05) is 0 Å². The molecule has 0 saturated heterocycles. The quantitative estimate of drug-likeness (QED) is 0.672. The van der Waals surface area contributed by atoms with Crippen LogP contribution in [0.1, 0.15) is 54.9 Å². The van der Waals surface area contributed by atoms with Crippen molar-refractivity contribution in [3.63, 3.8) is 0 Å². The van der Waals surface area contributed by atoms with Gasteiger partial charge in [0.05, 0.1) is 0 Å². The van der Waals surface area contributed by atoms with Crippen molar-refractivity contribution < 1.29 is 9.53 Å². The molecule has 0 aliphatic heterocycles. The number of carbonyl (C=O) groups is 1. The van der Waals surface area contributed by atoms with Gasteiger partial charge in [-0.3, -0.25) is 4.79 Å². The standard InChI is InChI=1S/C12H25BO2/c1-10(2,3)11(4,5)8-12(6,7)15-9(13)14/h8,13H2,1-7H3. The van der Waals surface area contributed by atoms with Gasteiger partial charge in [0.15, 0.2) is 0 Å². The summed E-state index contributed by atoms with van der Waals surface area (Å²) in [5.41, 5.74) is -0.0566. The first kappa shape index (κ1) is 14.5. The van der Waals surface area contributed by atoms with Crippen molar-refractivity contribution in [1.29, 1.82) is 0 Å². The second kappa shape index (κ2) is 4.19. The third kappa shape index (κ3) is 4.72. The summed E-state index contributed by atoms with van der Waals surface area (Å²) in [5.74, 6) is -0.204. The van der Waals surface area contributed by atoms with Gasteiger partial charge in [-0.1, -0.05) is 34.6 Å². The van der Waals surface area contributed by atoms with Gasteiger partial charge < -0.3 is 4.74 Å². The number of ether oxygens (including phenoxy) is 1. The number of carbonyl (C=O) groups excluding carboxylic acids is 1. The lowest BCUT2D eigenvalue weighted by Crippen LogP contribution is -2.39. The molecule has 0 aromatic rings. The molecule has 3 heteroatoms. The Labute approximate surface area is 95.2 Å². The maximum Gasteiger partial charge on any atom is 0.243 e. The molecule has 0 aromatic carbocycles. The van der Waals surface area contributed by atoms with Gasteiger partial charge in [-0.05, 0) is 31.1 Å². The zero-order chi connectivity index (χ0) is 12.5. The molecule has 15 heavy (non-hydrogen) atoms. The Morgan fingerprint density at radius 3 is 1.73 bits per heavy atom. The molecule has 0 spiro atoms. The zero-order valence-electron chi connectivity index (χ0n) is 11.5. The molecule has 0 unspecified atom stereocenters. The third-order valence-corrected chi connectivity index (χ3v) is 3.32. The van der Waals surface area contributed by atoms with Crippen LogP contribution in [-0.2, 0) is 4.74 Å². The Morgan fingerprint density at radius 1 is 1.07 bits per heavy atom. The molecule has 0 aromatic heterocycles. The van der Waals surface area contributed by atoms with E-state index in [1.165, 1.54) is 7.85 Å². The topological polar surface area (TPSA) is 26.3 Å². The minimum atomic E-state index is -0.386. The molecule has 0 fully saturated rings. The molecule has 0 radical (unpaired) electrons. The maximum absolute atomic E-state index is 11.0. The minimum absolute atomic E-state index is 0.131. The minimum Gasteiger partial charge on any atom is -0.468 e. The van der Waals surface area contributed by atoms with Gasteiger partial charge in [-0.25, -0.2) is 0 Å². The number of hydrogen-bond donors (Lipinski definition) is 0. The van der Waals surface area contributed by atoms with E-state index in [9.17, 15) is 4.79 Å². The van der Waals surface area contributed by atoms with Crippen molar-refractivity contribution in [1.82, 2.24) is 0 Å². The smallest absolute Gasteiger partial charge is 0.243 e. The number of rotatable bonds is 3. The predicted octanol–water partition coefficient (Wildman–Crippen LogP) is 3.00. The molecule has 0 heterocycles. The molecule has 88 valence electrons. The van der Waals surface area contributed by atoms with Crippen LogP contribution in [0.2, 0.25) is 0 Å². The van der Waals surface area contributed by atoms with Crippen LogP contribution in [0.15, 0.2) is 0 Å². The monoisotopic (exact) mass is 212 g/mol. The summed E-state index contributed by atoms with van der Waals surface area (Å²) < 4.78 is 5.33. The SMILES string of the molecule is BC(=O)OC(C)(C)CC(C)(C)C(C)(C)C. The highest BCUT2D eigenvalue weighted by Gasteiger charge is 2.38. The highest BCUT2D eigenvalue weighted by Crippen LogP contribution is 2.44. The lowest BCUT2D eigenvalue weighted by Gasteiger charge is -2.43. The molecular formula is C12H25BO2. The molecular weight excluding hydrogens is 187 g/mol. The fourth-order valence-corrected chi connectivity index (χ4v) is 1.75. The molecule has 0 atom stereocenters. The van der Waals surface area contributed by atoms with E-state index in [1.54, 1.807) is 0 Å². The predicted molar refractivity (Wildman–Crippen MR) is 67.0 cm³/mol. The summed E-state index contributed by atoms with van der Waals surface area (Å²) in [4.78, 5) is 11.0.